The van der Waals surface area contributed by atoms with E-state index < -0.39 is 16.7 Å². The molecule has 0 unspecified atom stereocenters. The summed E-state index contributed by atoms with van der Waals surface area (Å²) in [5.74, 6) is -1.18. The fourth-order valence-electron chi connectivity index (χ4n) is 4.05. The summed E-state index contributed by atoms with van der Waals surface area (Å²) >= 11 is 0. The van der Waals surface area contributed by atoms with Crippen LogP contribution in [0.25, 0.3) is 6.08 Å². The number of hydrogen-bond donors (Lipinski definition) is 0. The Hall–Kier alpha value is -4.10. The van der Waals surface area contributed by atoms with Gasteiger partial charge in [0.2, 0.25) is 0 Å². The third-order valence-corrected chi connectivity index (χ3v) is 5.74. The van der Waals surface area contributed by atoms with Gasteiger partial charge in [0.25, 0.3) is 5.69 Å². The van der Waals surface area contributed by atoms with Crippen LogP contribution in [-0.4, -0.2) is 40.8 Å². The topological polar surface area (TPSA) is 89.8 Å². The number of hydrogen-bond acceptors (Lipinski definition) is 6. The lowest BCUT2D eigenvalue weighted by Gasteiger charge is -2.44. The predicted octanol–water partition coefficient (Wildman–Crippen LogP) is 4.58. The Balaban J connectivity index is 1.46. The summed E-state index contributed by atoms with van der Waals surface area (Å²) in [5.41, 5.74) is 2.43. The van der Waals surface area contributed by atoms with Crippen molar-refractivity contribution in [2.45, 2.75) is 19.1 Å². The summed E-state index contributed by atoms with van der Waals surface area (Å²) in [6.07, 6.45) is 0.987. The van der Waals surface area contributed by atoms with Gasteiger partial charge in [0.05, 0.1) is 11.0 Å². The molecule has 34 heavy (non-hydrogen) atoms. The summed E-state index contributed by atoms with van der Waals surface area (Å²) in [5, 5.41) is 11.0. The Morgan fingerprint density at radius 3 is 2.09 bits per heavy atom. The van der Waals surface area contributed by atoms with Crippen LogP contribution in [0.2, 0.25) is 0 Å². The average Bonchev–Trinajstić information content (AvgIpc) is 2.82. The lowest BCUT2D eigenvalue weighted by Crippen LogP contribution is -2.54. The van der Waals surface area contributed by atoms with Crippen LogP contribution in [0.3, 0.4) is 0 Å². The second-order valence-electron chi connectivity index (χ2n) is 8.17. The van der Waals surface area contributed by atoms with Crippen molar-refractivity contribution in [1.29, 1.82) is 0 Å². The standard InChI is InChI=1S/C27H24N2O5/c1-19(30)25(16-20-9-8-14-23(15-20)29(32)33)27(31)34-24-17-28(18-24)26(21-10-4-2-5-11-21)22-12-6-3-7-13-22/h2-16,24,26H,17-18H2,1H3/b25-16+. The van der Waals surface area contributed by atoms with Crippen molar-refractivity contribution in [1.82, 2.24) is 4.90 Å². The van der Waals surface area contributed by atoms with E-state index in [0.717, 1.165) is 11.1 Å². The Morgan fingerprint density at radius 2 is 1.56 bits per heavy atom. The van der Waals surface area contributed by atoms with Crippen molar-refractivity contribution in [3.63, 3.8) is 0 Å². The van der Waals surface area contributed by atoms with Crippen LogP contribution >= 0.6 is 0 Å². The fourth-order valence-corrected chi connectivity index (χ4v) is 4.05. The van der Waals surface area contributed by atoms with Gasteiger partial charge in [0.1, 0.15) is 11.7 Å². The molecule has 7 heteroatoms. The number of likely N-dealkylation sites (tertiary alicyclic amines) is 1. The molecule has 172 valence electrons. The summed E-state index contributed by atoms with van der Waals surface area (Å²) in [4.78, 5) is 37.6. The van der Waals surface area contributed by atoms with E-state index in [0.29, 0.717) is 18.7 Å². The van der Waals surface area contributed by atoms with Gasteiger partial charge in [-0.2, -0.15) is 0 Å². The highest BCUT2D eigenvalue weighted by molar-refractivity contribution is 6.19. The molecule has 3 aromatic carbocycles. The number of esters is 1. The SMILES string of the molecule is CC(=O)/C(=C\c1cccc([N+](=O)[O-])c1)C(=O)OC1CN(C(c2ccccc2)c2ccccc2)C1. The molecule has 1 heterocycles. The lowest BCUT2D eigenvalue weighted by molar-refractivity contribution is -0.384. The number of nitrogens with zero attached hydrogens (tertiary/aromatic N) is 2. The average molecular weight is 456 g/mol. The van der Waals surface area contributed by atoms with Gasteiger partial charge in [-0.05, 0) is 29.7 Å². The molecule has 0 radical (unpaired) electrons. The van der Waals surface area contributed by atoms with E-state index in [2.05, 4.69) is 29.2 Å². The van der Waals surface area contributed by atoms with E-state index in [9.17, 15) is 19.7 Å². The number of ether oxygens (including phenoxy) is 1. The van der Waals surface area contributed by atoms with E-state index in [-0.39, 0.29) is 23.4 Å². The monoisotopic (exact) mass is 456 g/mol. The number of ketones is 1. The maximum absolute atomic E-state index is 12.8. The molecule has 3 aromatic rings. The molecule has 0 atom stereocenters. The zero-order valence-corrected chi connectivity index (χ0v) is 18.7. The number of benzene rings is 3. The number of non-ortho nitro benzene ring substituents is 1. The summed E-state index contributed by atoms with van der Waals surface area (Å²) in [7, 11) is 0. The van der Waals surface area contributed by atoms with Gasteiger partial charge in [-0.3, -0.25) is 19.8 Å². The van der Waals surface area contributed by atoms with Crippen molar-refractivity contribution < 1.29 is 19.2 Å². The maximum atomic E-state index is 12.8. The first kappa shape index (κ1) is 23.1. The Kier molecular flexibility index (Phi) is 6.94. The van der Waals surface area contributed by atoms with Crippen LogP contribution in [0.1, 0.15) is 29.7 Å². The maximum Gasteiger partial charge on any atom is 0.342 e. The normalized spacial score (nSPS) is 14.5. The fraction of sp³-hybridized carbons (Fsp3) is 0.185. The number of Topliss-reactive ketones (excluding diaryl/α,β-unsaturated/α-hetero) is 1. The Labute approximate surface area is 197 Å². The number of rotatable bonds is 8. The molecular formula is C27H24N2O5. The van der Waals surface area contributed by atoms with Crippen LogP contribution in [0, 0.1) is 10.1 Å². The molecule has 0 amide bonds. The third kappa shape index (κ3) is 5.27. The first-order valence-electron chi connectivity index (χ1n) is 10.9. The van der Waals surface area contributed by atoms with Gasteiger partial charge in [-0.15, -0.1) is 0 Å². The minimum atomic E-state index is -0.723. The predicted molar refractivity (Wildman–Crippen MR) is 128 cm³/mol. The van der Waals surface area contributed by atoms with Crippen molar-refractivity contribution in [2.75, 3.05) is 13.1 Å². The van der Waals surface area contributed by atoms with Crippen LogP contribution in [0.15, 0.2) is 90.5 Å². The van der Waals surface area contributed by atoms with Crippen LogP contribution in [0.5, 0.6) is 0 Å². The molecule has 1 aliphatic heterocycles. The van der Waals surface area contributed by atoms with E-state index in [1.165, 1.54) is 31.2 Å². The molecule has 1 aliphatic rings. The quantitative estimate of drug-likeness (QED) is 0.123. The van der Waals surface area contributed by atoms with E-state index in [1.807, 2.05) is 36.4 Å². The zero-order chi connectivity index (χ0) is 24.1. The molecule has 4 rings (SSSR count). The minimum Gasteiger partial charge on any atom is -0.456 e. The number of nitro benzene ring substituents is 1. The number of nitro groups is 1. The number of carbonyl (C=O) groups excluding carboxylic acids is 2. The van der Waals surface area contributed by atoms with Crippen molar-refractivity contribution in [3.05, 3.63) is 117 Å². The van der Waals surface area contributed by atoms with E-state index in [4.69, 9.17) is 4.74 Å². The second-order valence-corrected chi connectivity index (χ2v) is 8.17. The summed E-state index contributed by atoms with van der Waals surface area (Å²) < 4.78 is 5.61. The largest absolute Gasteiger partial charge is 0.456 e. The first-order valence-corrected chi connectivity index (χ1v) is 10.9. The third-order valence-electron chi connectivity index (χ3n) is 5.74. The van der Waals surface area contributed by atoms with Crippen LogP contribution in [-0.2, 0) is 14.3 Å². The molecule has 0 spiro atoms. The highest BCUT2D eigenvalue weighted by Gasteiger charge is 2.37. The highest BCUT2D eigenvalue weighted by atomic mass is 16.6. The Bertz CT molecular complexity index is 1180. The van der Waals surface area contributed by atoms with Gasteiger partial charge in [0.15, 0.2) is 5.78 Å². The molecule has 1 saturated heterocycles. The Morgan fingerprint density at radius 1 is 0.971 bits per heavy atom. The molecule has 0 N–H and O–H groups in total. The molecule has 0 aromatic heterocycles. The van der Waals surface area contributed by atoms with Gasteiger partial charge in [0, 0.05) is 25.2 Å². The molecule has 0 saturated carbocycles. The van der Waals surface area contributed by atoms with E-state index >= 15 is 0 Å². The molecule has 0 bridgehead atoms. The first-order chi connectivity index (χ1) is 16.4. The van der Waals surface area contributed by atoms with Gasteiger partial charge < -0.3 is 4.74 Å². The molecule has 1 fully saturated rings. The second kappa shape index (κ2) is 10.2. The smallest absolute Gasteiger partial charge is 0.342 e. The molecule has 7 nitrogen and oxygen atoms in total. The van der Waals surface area contributed by atoms with Crippen LogP contribution < -0.4 is 0 Å². The van der Waals surface area contributed by atoms with Gasteiger partial charge in [-0.25, -0.2) is 4.79 Å². The molecule has 0 aliphatic carbocycles. The lowest BCUT2D eigenvalue weighted by atomic mass is 9.94. The number of carbonyl (C=O) groups is 2. The van der Waals surface area contributed by atoms with Crippen LogP contribution in [0.4, 0.5) is 5.69 Å². The summed E-state index contributed by atoms with van der Waals surface area (Å²) in [6, 6.07) is 26.0. The van der Waals surface area contributed by atoms with Gasteiger partial charge in [-0.1, -0.05) is 72.8 Å². The highest BCUT2D eigenvalue weighted by Crippen LogP contribution is 2.33. The molecular weight excluding hydrogens is 432 g/mol. The minimum absolute atomic E-state index is 0.0324. The zero-order valence-electron chi connectivity index (χ0n) is 18.7. The van der Waals surface area contributed by atoms with Crippen molar-refractivity contribution in [2.24, 2.45) is 0 Å². The van der Waals surface area contributed by atoms with Crippen molar-refractivity contribution in [3.8, 4) is 0 Å². The summed E-state index contributed by atoms with van der Waals surface area (Å²) in [6.45, 7) is 2.34. The van der Waals surface area contributed by atoms with E-state index in [1.54, 1.807) is 6.07 Å². The van der Waals surface area contributed by atoms with Gasteiger partial charge >= 0.3 is 5.97 Å². The van der Waals surface area contributed by atoms with Crippen molar-refractivity contribution >= 4 is 23.5 Å².